The third-order valence-electron chi connectivity index (χ3n) is 2.69. The quantitative estimate of drug-likeness (QED) is 0.651. The molecule has 78 valence electrons. The van der Waals surface area contributed by atoms with Gasteiger partial charge >= 0.3 is 0 Å². The third-order valence-corrected chi connectivity index (χ3v) is 2.69. The number of ether oxygens (including phenoxy) is 1. The summed E-state index contributed by atoms with van der Waals surface area (Å²) < 4.78 is 8.55. The van der Waals surface area contributed by atoms with Crippen LogP contribution < -0.4 is 5.56 Å². The van der Waals surface area contributed by atoms with E-state index in [0.29, 0.717) is 12.3 Å². The lowest BCUT2D eigenvalue weighted by Gasteiger charge is -2.11. The summed E-state index contributed by atoms with van der Waals surface area (Å²) >= 11 is 0. The number of fused-ring (bicyclic) bond motifs is 1. The second-order valence-corrected chi connectivity index (χ2v) is 3.59. The van der Waals surface area contributed by atoms with Gasteiger partial charge in [0.05, 0.1) is 12.6 Å². The Bertz CT molecular complexity index is 538. The number of hydrogen-bond acceptors (Lipinski definition) is 4. The second kappa shape index (κ2) is 3.16. The van der Waals surface area contributed by atoms with Crippen molar-refractivity contribution in [3.05, 3.63) is 29.1 Å². The molecule has 2 aromatic heterocycles. The maximum absolute atomic E-state index is 12.0. The third kappa shape index (κ3) is 1.25. The fraction of sp³-hybridized carbons (Fsp3) is 0.444. The van der Waals surface area contributed by atoms with Crippen LogP contribution in [0.3, 0.4) is 0 Å². The molecule has 1 fully saturated rings. The lowest BCUT2D eigenvalue weighted by molar-refractivity contribution is 0.186. The van der Waals surface area contributed by atoms with E-state index in [1.807, 2.05) is 0 Å². The van der Waals surface area contributed by atoms with Gasteiger partial charge in [-0.15, -0.1) is 10.2 Å². The van der Waals surface area contributed by atoms with Crippen LogP contribution in [0.15, 0.2) is 23.5 Å². The minimum atomic E-state index is -0.106. The van der Waals surface area contributed by atoms with Gasteiger partial charge in [0.2, 0.25) is 5.65 Å². The average molecular weight is 206 g/mol. The van der Waals surface area contributed by atoms with Crippen molar-refractivity contribution in [2.45, 2.75) is 12.5 Å². The summed E-state index contributed by atoms with van der Waals surface area (Å²) in [6.45, 7) is 1.32. The summed E-state index contributed by atoms with van der Waals surface area (Å²) in [7, 11) is 0. The second-order valence-electron chi connectivity index (χ2n) is 3.59. The van der Waals surface area contributed by atoms with Gasteiger partial charge in [-0.3, -0.25) is 9.20 Å². The van der Waals surface area contributed by atoms with Gasteiger partial charge in [-0.05, 0) is 6.42 Å². The standard InChI is InChI=1S/C9H10N4O2/c14-9-8-11-10-6-12(8)2-3-13(9)7-1-4-15-5-7/h2-3,6-7H,1,4-5H2. The first-order valence-electron chi connectivity index (χ1n) is 4.84. The van der Waals surface area contributed by atoms with E-state index in [4.69, 9.17) is 4.74 Å². The summed E-state index contributed by atoms with van der Waals surface area (Å²) in [4.78, 5) is 12.0. The summed E-state index contributed by atoms with van der Waals surface area (Å²) in [5.41, 5.74) is 0.259. The molecule has 1 atom stereocenters. The number of rotatable bonds is 1. The highest BCUT2D eigenvalue weighted by molar-refractivity contribution is 5.32. The Balaban J connectivity index is 2.18. The zero-order chi connectivity index (χ0) is 10.3. The van der Waals surface area contributed by atoms with Crippen molar-refractivity contribution in [1.82, 2.24) is 19.2 Å². The monoisotopic (exact) mass is 206 g/mol. The predicted molar refractivity (Wildman–Crippen MR) is 51.7 cm³/mol. The maximum atomic E-state index is 12.0. The van der Waals surface area contributed by atoms with E-state index in [0.717, 1.165) is 13.0 Å². The van der Waals surface area contributed by atoms with Gasteiger partial charge in [-0.25, -0.2) is 0 Å². The summed E-state index contributed by atoms with van der Waals surface area (Å²) in [5.74, 6) is 0. The Morgan fingerprint density at radius 1 is 1.47 bits per heavy atom. The van der Waals surface area contributed by atoms with E-state index in [9.17, 15) is 4.79 Å². The van der Waals surface area contributed by atoms with Crippen molar-refractivity contribution in [2.24, 2.45) is 0 Å². The molecule has 0 bridgehead atoms. The summed E-state index contributed by atoms with van der Waals surface area (Å²) in [5, 5.41) is 7.49. The van der Waals surface area contributed by atoms with Crippen LogP contribution in [0.25, 0.3) is 5.65 Å². The van der Waals surface area contributed by atoms with E-state index in [1.165, 1.54) is 6.33 Å². The molecule has 1 saturated heterocycles. The van der Waals surface area contributed by atoms with Crippen molar-refractivity contribution in [2.75, 3.05) is 13.2 Å². The van der Waals surface area contributed by atoms with Crippen LogP contribution in [0.2, 0.25) is 0 Å². The van der Waals surface area contributed by atoms with Gasteiger partial charge < -0.3 is 9.30 Å². The molecular formula is C9H10N4O2. The van der Waals surface area contributed by atoms with Crippen LogP contribution in [0.4, 0.5) is 0 Å². The molecule has 0 amide bonds. The summed E-state index contributed by atoms with van der Waals surface area (Å²) in [6.07, 6.45) is 5.95. The molecule has 15 heavy (non-hydrogen) atoms. The van der Waals surface area contributed by atoms with Crippen molar-refractivity contribution in [1.29, 1.82) is 0 Å². The van der Waals surface area contributed by atoms with Crippen LogP contribution in [-0.2, 0) is 4.74 Å². The fourth-order valence-corrected chi connectivity index (χ4v) is 1.86. The van der Waals surface area contributed by atoms with Crippen molar-refractivity contribution < 1.29 is 4.74 Å². The van der Waals surface area contributed by atoms with Crippen molar-refractivity contribution in [3.8, 4) is 0 Å². The molecule has 6 nitrogen and oxygen atoms in total. The Morgan fingerprint density at radius 3 is 3.20 bits per heavy atom. The molecule has 0 aliphatic carbocycles. The Morgan fingerprint density at radius 2 is 2.40 bits per heavy atom. The van der Waals surface area contributed by atoms with Crippen LogP contribution >= 0.6 is 0 Å². The molecule has 0 spiro atoms. The Kier molecular flexibility index (Phi) is 1.81. The minimum Gasteiger partial charge on any atom is -0.379 e. The molecule has 2 aromatic rings. The molecule has 6 heteroatoms. The predicted octanol–water partition coefficient (Wildman–Crippen LogP) is -0.148. The highest BCUT2D eigenvalue weighted by Crippen LogP contribution is 2.16. The van der Waals surface area contributed by atoms with E-state index in [1.54, 1.807) is 21.4 Å². The van der Waals surface area contributed by atoms with Crippen molar-refractivity contribution in [3.63, 3.8) is 0 Å². The van der Waals surface area contributed by atoms with E-state index >= 15 is 0 Å². The normalized spacial score (nSPS) is 21.2. The van der Waals surface area contributed by atoms with Gasteiger partial charge in [0.1, 0.15) is 6.33 Å². The van der Waals surface area contributed by atoms with Gasteiger partial charge in [0, 0.05) is 19.0 Å². The highest BCUT2D eigenvalue weighted by atomic mass is 16.5. The molecular weight excluding hydrogens is 196 g/mol. The van der Waals surface area contributed by atoms with Crippen LogP contribution in [0.5, 0.6) is 0 Å². The first-order valence-corrected chi connectivity index (χ1v) is 4.84. The van der Waals surface area contributed by atoms with E-state index in [2.05, 4.69) is 10.2 Å². The maximum Gasteiger partial charge on any atom is 0.296 e. The fourth-order valence-electron chi connectivity index (χ4n) is 1.86. The van der Waals surface area contributed by atoms with E-state index < -0.39 is 0 Å². The molecule has 0 N–H and O–H groups in total. The molecule has 0 aromatic carbocycles. The van der Waals surface area contributed by atoms with Crippen LogP contribution in [-0.4, -0.2) is 32.4 Å². The molecule has 1 aliphatic rings. The zero-order valence-electron chi connectivity index (χ0n) is 8.04. The number of hydrogen-bond donors (Lipinski definition) is 0. The van der Waals surface area contributed by atoms with E-state index in [-0.39, 0.29) is 11.6 Å². The van der Waals surface area contributed by atoms with Crippen LogP contribution in [0.1, 0.15) is 12.5 Å². The molecule has 0 saturated carbocycles. The van der Waals surface area contributed by atoms with Gasteiger partial charge in [0.25, 0.3) is 5.56 Å². The minimum absolute atomic E-state index is 0.106. The summed E-state index contributed by atoms with van der Waals surface area (Å²) in [6, 6.07) is 0.138. The first kappa shape index (κ1) is 8.60. The smallest absolute Gasteiger partial charge is 0.296 e. The molecule has 1 unspecified atom stereocenters. The Hall–Kier alpha value is -1.69. The van der Waals surface area contributed by atoms with Crippen molar-refractivity contribution >= 4 is 5.65 Å². The van der Waals surface area contributed by atoms with Crippen LogP contribution in [0, 0.1) is 0 Å². The molecule has 0 radical (unpaired) electrons. The zero-order valence-corrected chi connectivity index (χ0v) is 8.04. The lowest BCUT2D eigenvalue weighted by Crippen LogP contribution is -2.26. The average Bonchev–Trinajstić information content (AvgIpc) is 2.87. The van der Waals surface area contributed by atoms with Gasteiger partial charge in [-0.1, -0.05) is 0 Å². The molecule has 3 rings (SSSR count). The molecule has 3 heterocycles. The lowest BCUT2D eigenvalue weighted by atomic mass is 10.2. The van der Waals surface area contributed by atoms with Gasteiger partial charge in [0.15, 0.2) is 0 Å². The molecule has 1 aliphatic heterocycles. The first-order chi connectivity index (χ1) is 7.36. The SMILES string of the molecule is O=c1c2nncn2ccn1C1CCOC1. The highest BCUT2D eigenvalue weighted by Gasteiger charge is 2.19. The number of nitrogens with zero attached hydrogens (tertiary/aromatic N) is 4. The number of aromatic nitrogens is 4. The largest absolute Gasteiger partial charge is 0.379 e. The Labute approximate surface area is 85.1 Å². The topological polar surface area (TPSA) is 61.4 Å². The van der Waals surface area contributed by atoms with Gasteiger partial charge in [-0.2, -0.15) is 0 Å².